The van der Waals surface area contributed by atoms with E-state index < -0.39 is 17.2 Å². The number of halogens is 2. The third-order valence-electron chi connectivity index (χ3n) is 7.37. The van der Waals surface area contributed by atoms with Crippen LogP contribution in [0.4, 0.5) is 13.9 Å². The summed E-state index contributed by atoms with van der Waals surface area (Å²) in [5, 5.41) is 0.537. The van der Waals surface area contributed by atoms with Gasteiger partial charge in [0.2, 0.25) is 0 Å². The van der Waals surface area contributed by atoms with Gasteiger partial charge in [0.25, 0.3) is 5.91 Å². The van der Waals surface area contributed by atoms with E-state index in [4.69, 9.17) is 15.3 Å². The number of hydroxylamine groups is 1. The highest BCUT2D eigenvalue weighted by molar-refractivity contribution is 7.15. The van der Waals surface area contributed by atoms with Crippen LogP contribution in [-0.4, -0.2) is 65.2 Å². The Morgan fingerprint density at radius 2 is 1.97 bits per heavy atom. The molecule has 0 unspecified atom stereocenters. The Kier molecular flexibility index (Phi) is 6.65. The van der Waals surface area contributed by atoms with Gasteiger partial charge >= 0.3 is 0 Å². The molecule has 36 heavy (non-hydrogen) atoms. The van der Waals surface area contributed by atoms with Crippen LogP contribution >= 0.6 is 11.3 Å². The number of fused-ring (bicyclic) bond motifs is 1. The number of nitrogens with zero attached hydrogens (tertiary/aromatic N) is 3. The molecule has 1 amide bonds. The van der Waals surface area contributed by atoms with Crippen molar-refractivity contribution in [2.45, 2.75) is 50.4 Å². The number of alkyl halides is 1. The molecule has 1 aromatic heterocycles. The molecule has 2 aromatic rings. The van der Waals surface area contributed by atoms with E-state index in [9.17, 15) is 9.18 Å². The number of carbonyl (C=O) groups excluding carboxylic acids is 1. The first-order valence-electron chi connectivity index (χ1n) is 12.1. The molecule has 194 valence electrons. The number of aryl methyl sites for hydroxylation is 1. The first-order valence-corrected chi connectivity index (χ1v) is 13.0. The smallest absolute Gasteiger partial charge is 0.260 e. The maximum atomic E-state index is 15.8. The Hall–Kier alpha value is -2.76. The number of piperidine rings is 2. The molecule has 2 saturated heterocycles. The number of anilines is 1. The summed E-state index contributed by atoms with van der Waals surface area (Å²) in [4.78, 5) is 27.5. The molecule has 2 fully saturated rings. The van der Waals surface area contributed by atoms with Crippen molar-refractivity contribution in [3.8, 4) is 5.75 Å². The Balaban J connectivity index is 1.21. The molecule has 3 aliphatic rings. The number of aromatic nitrogens is 1. The van der Waals surface area contributed by atoms with Crippen molar-refractivity contribution in [3.63, 3.8) is 0 Å². The number of thiazole rings is 1. The van der Waals surface area contributed by atoms with Crippen molar-refractivity contribution in [2.75, 3.05) is 39.0 Å². The van der Waals surface area contributed by atoms with Crippen molar-refractivity contribution in [1.82, 2.24) is 20.3 Å². The number of carbonyl (C=O) groups is 1. The minimum absolute atomic E-state index is 0.165. The Labute approximate surface area is 213 Å². The number of hydrogen-bond acceptors (Lipinski definition) is 8. The molecule has 0 radical (unpaired) electrons. The van der Waals surface area contributed by atoms with E-state index in [1.54, 1.807) is 11.0 Å². The first-order chi connectivity index (χ1) is 17.2. The summed E-state index contributed by atoms with van der Waals surface area (Å²) in [6.07, 6.45) is 3.21. The van der Waals surface area contributed by atoms with Crippen LogP contribution in [0.25, 0.3) is 5.70 Å². The standard InChI is InChI=1S/C25H31F2N5O3S/c1-16-21(36-23(28)29-16)15-31-9-7-25(27,8-10-31)22(33)32-11-5-24(6-12-32)14-19(30-34-2)18-13-17(26)3-4-20(18)35-24/h3-4,13-14,30H,5-12,15H2,1-2H3,(H2,28,29). The number of amides is 1. The van der Waals surface area contributed by atoms with Crippen molar-refractivity contribution in [1.29, 1.82) is 0 Å². The SMILES string of the molecule is CONC1=CC2(CCN(C(=O)C3(F)CCN(Cc4sc(N)nc4C)CC3)CC2)Oc2ccc(F)cc21. The van der Waals surface area contributed by atoms with Crippen LogP contribution in [-0.2, 0) is 16.2 Å². The number of rotatable bonds is 5. The third-order valence-corrected chi connectivity index (χ3v) is 8.34. The maximum absolute atomic E-state index is 15.8. The van der Waals surface area contributed by atoms with Gasteiger partial charge in [-0.05, 0) is 31.2 Å². The zero-order valence-corrected chi connectivity index (χ0v) is 21.3. The summed E-state index contributed by atoms with van der Waals surface area (Å²) in [5.41, 5.74) is 8.17. The second-order valence-electron chi connectivity index (χ2n) is 9.77. The quantitative estimate of drug-likeness (QED) is 0.585. The van der Waals surface area contributed by atoms with Crippen LogP contribution in [0.15, 0.2) is 24.3 Å². The number of ether oxygens (including phenoxy) is 1. The molecule has 0 atom stereocenters. The van der Waals surface area contributed by atoms with E-state index in [1.807, 2.05) is 13.0 Å². The number of benzene rings is 1. The molecule has 1 aromatic carbocycles. The molecule has 0 aliphatic carbocycles. The van der Waals surface area contributed by atoms with E-state index in [1.165, 1.54) is 30.6 Å². The summed E-state index contributed by atoms with van der Waals surface area (Å²) >= 11 is 1.46. The molecule has 3 aliphatic heterocycles. The second-order valence-corrected chi connectivity index (χ2v) is 10.9. The third kappa shape index (κ3) is 4.79. The average molecular weight is 520 g/mol. The zero-order chi connectivity index (χ0) is 25.5. The molecular weight excluding hydrogens is 488 g/mol. The summed E-state index contributed by atoms with van der Waals surface area (Å²) in [6, 6.07) is 4.34. The number of likely N-dealkylation sites (tertiary alicyclic amines) is 2. The predicted molar refractivity (Wildman–Crippen MR) is 133 cm³/mol. The summed E-state index contributed by atoms with van der Waals surface area (Å²) in [6.45, 7) is 4.35. The van der Waals surface area contributed by atoms with Gasteiger partial charge in [-0.2, -0.15) is 0 Å². The largest absolute Gasteiger partial charge is 0.482 e. The molecule has 4 heterocycles. The Morgan fingerprint density at radius 1 is 1.25 bits per heavy atom. The number of hydrogen-bond donors (Lipinski definition) is 2. The van der Waals surface area contributed by atoms with Gasteiger partial charge in [-0.15, -0.1) is 11.3 Å². The van der Waals surface area contributed by atoms with E-state index in [2.05, 4.69) is 15.4 Å². The van der Waals surface area contributed by atoms with Crippen molar-refractivity contribution < 1.29 is 23.1 Å². The van der Waals surface area contributed by atoms with Gasteiger partial charge in [-0.3, -0.25) is 20.0 Å². The summed E-state index contributed by atoms with van der Waals surface area (Å²) in [5.74, 6) is -0.263. The van der Waals surface area contributed by atoms with Gasteiger partial charge in [0.15, 0.2) is 10.8 Å². The molecule has 1 spiro atoms. The monoisotopic (exact) mass is 519 g/mol. The maximum Gasteiger partial charge on any atom is 0.260 e. The van der Waals surface area contributed by atoms with Crippen molar-refractivity contribution in [3.05, 3.63) is 46.2 Å². The van der Waals surface area contributed by atoms with Gasteiger partial charge in [0.05, 0.1) is 18.5 Å². The molecular formula is C25H31F2N5O3S. The van der Waals surface area contributed by atoms with Crippen LogP contribution in [0.5, 0.6) is 5.75 Å². The highest BCUT2D eigenvalue weighted by Gasteiger charge is 2.47. The highest BCUT2D eigenvalue weighted by atomic mass is 32.1. The van der Waals surface area contributed by atoms with E-state index >= 15 is 4.39 Å². The topological polar surface area (TPSA) is 93.0 Å². The summed E-state index contributed by atoms with van der Waals surface area (Å²) < 4.78 is 35.9. The lowest BCUT2D eigenvalue weighted by Crippen LogP contribution is -2.56. The number of nitrogen functional groups attached to an aromatic ring is 1. The molecule has 8 nitrogen and oxygen atoms in total. The van der Waals surface area contributed by atoms with Crippen LogP contribution < -0.4 is 16.0 Å². The van der Waals surface area contributed by atoms with E-state index in [-0.39, 0.29) is 18.7 Å². The van der Waals surface area contributed by atoms with Crippen LogP contribution in [0.3, 0.4) is 0 Å². The van der Waals surface area contributed by atoms with Gasteiger partial charge < -0.3 is 15.4 Å². The lowest BCUT2D eigenvalue weighted by atomic mass is 9.85. The Morgan fingerprint density at radius 3 is 2.61 bits per heavy atom. The van der Waals surface area contributed by atoms with Crippen molar-refractivity contribution >= 4 is 28.1 Å². The van der Waals surface area contributed by atoms with Gasteiger partial charge in [0, 0.05) is 68.8 Å². The average Bonchev–Trinajstić information content (AvgIpc) is 3.17. The van der Waals surface area contributed by atoms with E-state index in [0.717, 1.165) is 10.6 Å². The molecule has 3 N–H and O–H groups in total. The fourth-order valence-corrected chi connectivity index (χ4v) is 6.16. The zero-order valence-electron chi connectivity index (χ0n) is 20.5. The van der Waals surface area contributed by atoms with Crippen LogP contribution in [0.2, 0.25) is 0 Å². The molecule has 11 heteroatoms. The lowest BCUT2D eigenvalue weighted by molar-refractivity contribution is -0.150. The minimum Gasteiger partial charge on any atom is -0.482 e. The normalized spacial score (nSPS) is 21.0. The van der Waals surface area contributed by atoms with Gasteiger partial charge in [0.1, 0.15) is 17.2 Å². The van der Waals surface area contributed by atoms with Gasteiger partial charge in [-0.1, -0.05) is 0 Å². The minimum atomic E-state index is -1.86. The van der Waals surface area contributed by atoms with E-state index in [0.29, 0.717) is 67.7 Å². The highest BCUT2D eigenvalue weighted by Crippen LogP contribution is 2.41. The second kappa shape index (κ2) is 9.60. The molecule has 5 rings (SSSR count). The number of nitrogens with one attached hydrogen (secondary N) is 1. The Bertz CT molecular complexity index is 1170. The fraction of sp³-hybridized carbons (Fsp3) is 0.520. The molecule has 0 bridgehead atoms. The lowest BCUT2D eigenvalue weighted by Gasteiger charge is -2.45. The first kappa shape index (κ1) is 24.9. The number of nitrogens with two attached hydrogens (primary N) is 1. The van der Waals surface area contributed by atoms with Gasteiger partial charge in [-0.25, -0.2) is 13.8 Å². The predicted octanol–water partition coefficient (Wildman–Crippen LogP) is 3.42. The van der Waals surface area contributed by atoms with Crippen LogP contribution in [0, 0.1) is 12.7 Å². The van der Waals surface area contributed by atoms with Crippen LogP contribution in [0.1, 0.15) is 41.8 Å². The fourth-order valence-electron chi connectivity index (χ4n) is 5.28. The molecule has 0 saturated carbocycles. The summed E-state index contributed by atoms with van der Waals surface area (Å²) in [7, 11) is 1.49. The van der Waals surface area contributed by atoms with Crippen molar-refractivity contribution in [2.24, 2.45) is 0 Å².